The Bertz CT molecular complexity index is 1130. The second kappa shape index (κ2) is 8.74. The molecule has 1 aromatic heterocycles. The summed E-state index contributed by atoms with van der Waals surface area (Å²) in [5.41, 5.74) is 5.28. The molecule has 0 bridgehead atoms. The highest BCUT2D eigenvalue weighted by Crippen LogP contribution is 2.48. The SMILES string of the molecule is COC(=O)C1CC(N2CC3(Cc4ccc(C#Cc5ccc(OC6CCCC6)nc5)cc4C3)C2)C1. The zero-order valence-electron chi connectivity index (χ0n) is 19.9. The number of esters is 1. The number of carbonyl (C=O) groups is 1. The van der Waals surface area contributed by atoms with Gasteiger partial charge in [0.2, 0.25) is 5.88 Å². The van der Waals surface area contributed by atoms with Gasteiger partial charge in [0.05, 0.1) is 13.0 Å². The predicted octanol–water partition coefficient (Wildman–Crippen LogP) is 4.16. The van der Waals surface area contributed by atoms with Gasteiger partial charge in [-0.25, -0.2) is 4.98 Å². The van der Waals surface area contributed by atoms with Gasteiger partial charge in [0.25, 0.3) is 0 Å². The first-order chi connectivity index (χ1) is 16.6. The van der Waals surface area contributed by atoms with E-state index in [4.69, 9.17) is 9.47 Å². The van der Waals surface area contributed by atoms with Gasteiger partial charge in [-0.1, -0.05) is 17.9 Å². The Morgan fingerprint density at radius 3 is 2.50 bits per heavy atom. The number of fused-ring (bicyclic) bond motifs is 1. The summed E-state index contributed by atoms with van der Waals surface area (Å²) in [6, 6.07) is 11.2. The molecule has 34 heavy (non-hydrogen) atoms. The highest BCUT2D eigenvalue weighted by molar-refractivity contribution is 5.73. The van der Waals surface area contributed by atoms with Crippen LogP contribution in [-0.2, 0) is 22.4 Å². The molecule has 1 aliphatic heterocycles. The Morgan fingerprint density at radius 1 is 1.03 bits per heavy atom. The molecule has 0 unspecified atom stereocenters. The van der Waals surface area contributed by atoms with E-state index in [1.807, 2.05) is 18.3 Å². The van der Waals surface area contributed by atoms with E-state index in [2.05, 4.69) is 39.9 Å². The first-order valence-corrected chi connectivity index (χ1v) is 12.7. The molecule has 0 N–H and O–H groups in total. The number of ether oxygens (including phenoxy) is 2. The molecule has 1 saturated heterocycles. The van der Waals surface area contributed by atoms with Gasteiger partial charge in [-0.05, 0) is 80.7 Å². The molecule has 1 aromatic carbocycles. The van der Waals surface area contributed by atoms with E-state index >= 15 is 0 Å². The number of nitrogens with zero attached hydrogens (tertiary/aromatic N) is 2. The van der Waals surface area contributed by atoms with Crippen molar-refractivity contribution in [3.8, 4) is 17.7 Å². The monoisotopic (exact) mass is 456 g/mol. The lowest BCUT2D eigenvalue weighted by Gasteiger charge is -2.55. The molecule has 2 aromatic rings. The number of rotatable bonds is 4. The van der Waals surface area contributed by atoms with E-state index in [0.717, 1.165) is 62.7 Å². The lowest BCUT2D eigenvalue weighted by molar-refractivity contribution is -0.154. The Balaban J connectivity index is 1.04. The van der Waals surface area contributed by atoms with Crippen LogP contribution in [0.3, 0.4) is 0 Å². The second-order valence-electron chi connectivity index (χ2n) is 10.7. The number of aromatic nitrogens is 1. The molecule has 0 amide bonds. The molecular weight excluding hydrogens is 424 g/mol. The summed E-state index contributed by atoms with van der Waals surface area (Å²) < 4.78 is 10.8. The molecule has 5 nitrogen and oxygen atoms in total. The molecule has 5 heteroatoms. The van der Waals surface area contributed by atoms with Crippen LogP contribution in [0.25, 0.3) is 0 Å². The third-order valence-corrected chi connectivity index (χ3v) is 8.26. The molecule has 2 saturated carbocycles. The van der Waals surface area contributed by atoms with Crippen molar-refractivity contribution in [2.45, 2.75) is 63.5 Å². The Kier molecular flexibility index (Phi) is 5.57. The predicted molar refractivity (Wildman–Crippen MR) is 129 cm³/mol. The van der Waals surface area contributed by atoms with Crippen molar-refractivity contribution in [3.63, 3.8) is 0 Å². The highest BCUT2D eigenvalue weighted by Gasteiger charge is 2.51. The van der Waals surface area contributed by atoms with E-state index in [0.29, 0.717) is 23.4 Å². The molecule has 6 rings (SSSR count). The van der Waals surface area contributed by atoms with Crippen molar-refractivity contribution in [1.29, 1.82) is 0 Å². The van der Waals surface area contributed by atoms with Crippen LogP contribution < -0.4 is 4.74 Å². The average molecular weight is 457 g/mol. The third kappa shape index (κ3) is 4.20. The number of pyridine rings is 1. The second-order valence-corrected chi connectivity index (χ2v) is 10.7. The molecule has 2 heterocycles. The molecule has 176 valence electrons. The summed E-state index contributed by atoms with van der Waals surface area (Å²) in [7, 11) is 1.49. The summed E-state index contributed by atoms with van der Waals surface area (Å²) in [6.07, 6.45) is 11.1. The van der Waals surface area contributed by atoms with Gasteiger partial charge >= 0.3 is 5.97 Å². The Hall–Kier alpha value is -2.84. The van der Waals surface area contributed by atoms with E-state index < -0.39 is 0 Å². The van der Waals surface area contributed by atoms with E-state index in [9.17, 15) is 4.79 Å². The van der Waals surface area contributed by atoms with Crippen molar-refractivity contribution < 1.29 is 14.3 Å². The van der Waals surface area contributed by atoms with Gasteiger partial charge in [0.1, 0.15) is 6.10 Å². The summed E-state index contributed by atoms with van der Waals surface area (Å²) in [5.74, 6) is 7.36. The average Bonchev–Trinajstić information content (AvgIpc) is 3.44. The zero-order valence-corrected chi connectivity index (χ0v) is 19.9. The van der Waals surface area contributed by atoms with Crippen LogP contribution >= 0.6 is 0 Å². The molecule has 0 radical (unpaired) electrons. The number of benzene rings is 1. The normalized spacial score (nSPS) is 25.1. The van der Waals surface area contributed by atoms with Gasteiger partial charge in [-0.3, -0.25) is 9.69 Å². The van der Waals surface area contributed by atoms with Gasteiger partial charge < -0.3 is 9.47 Å². The lowest BCUT2D eigenvalue weighted by Crippen LogP contribution is -2.63. The standard InChI is InChI=1S/C29H32N2O3/c1-33-28(32)23-13-25(14-23)31-18-29(19-31)15-22-10-8-20(12-24(22)16-29)6-7-21-9-11-27(30-17-21)34-26-4-2-3-5-26/h8-12,17,23,25-26H,2-5,13-16,18-19H2,1H3. The van der Waals surface area contributed by atoms with Gasteiger partial charge in [0.15, 0.2) is 0 Å². The molecular formula is C29H32N2O3. The fourth-order valence-electron chi connectivity index (χ4n) is 6.30. The highest BCUT2D eigenvalue weighted by atomic mass is 16.5. The van der Waals surface area contributed by atoms with Crippen molar-refractivity contribution in [3.05, 3.63) is 58.8 Å². The maximum Gasteiger partial charge on any atom is 0.308 e. The van der Waals surface area contributed by atoms with Gasteiger partial charge in [-0.15, -0.1) is 0 Å². The van der Waals surface area contributed by atoms with Crippen LogP contribution in [0.2, 0.25) is 0 Å². The summed E-state index contributed by atoms with van der Waals surface area (Å²) in [6.45, 7) is 2.28. The van der Waals surface area contributed by atoms with Crippen LogP contribution in [0.1, 0.15) is 60.8 Å². The number of hydrogen-bond acceptors (Lipinski definition) is 5. The van der Waals surface area contributed by atoms with Crippen LogP contribution in [0, 0.1) is 23.2 Å². The molecule has 3 fully saturated rings. The quantitative estimate of drug-likeness (QED) is 0.511. The zero-order chi connectivity index (χ0) is 23.1. The minimum Gasteiger partial charge on any atom is -0.474 e. The van der Waals surface area contributed by atoms with E-state index in [1.165, 1.54) is 31.1 Å². The summed E-state index contributed by atoms with van der Waals surface area (Å²) in [4.78, 5) is 18.7. The molecule has 1 spiro atoms. The summed E-state index contributed by atoms with van der Waals surface area (Å²) >= 11 is 0. The topological polar surface area (TPSA) is 51.7 Å². The van der Waals surface area contributed by atoms with Gasteiger partial charge in [-0.2, -0.15) is 0 Å². The lowest BCUT2D eigenvalue weighted by atomic mass is 9.71. The van der Waals surface area contributed by atoms with Crippen LogP contribution in [0.4, 0.5) is 0 Å². The first-order valence-electron chi connectivity index (χ1n) is 12.7. The van der Waals surface area contributed by atoms with Gasteiger partial charge in [0, 0.05) is 47.9 Å². The minimum atomic E-state index is -0.0440. The molecule has 4 aliphatic rings. The van der Waals surface area contributed by atoms with Crippen LogP contribution in [0.5, 0.6) is 5.88 Å². The summed E-state index contributed by atoms with van der Waals surface area (Å²) in [5, 5.41) is 0. The van der Waals surface area contributed by atoms with Crippen molar-refractivity contribution in [1.82, 2.24) is 9.88 Å². The van der Waals surface area contributed by atoms with E-state index in [-0.39, 0.29) is 11.9 Å². The van der Waals surface area contributed by atoms with E-state index in [1.54, 1.807) is 0 Å². The third-order valence-electron chi connectivity index (χ3n) is 8.26. The van der Waals surface area contributed by atoms with Crippen LogP contribution in [-0.4, -0.2) is 48.2 Å². The van der Waals surface area contributed by atoms with Crippen molar-refractivity contribution in [2.75, 3.05) is 20.2 Å². The Morgan fingerprint density at radius 2 is 1.76 bits per heavy atom. The minimum absolute atomic E-state index is 0.0440. The largest absolute Gasteiger partial charge is 0.474 e. The fraction of sp³-hybridized carbons (Fsp3) is 0.517. The van der Waals surface area contributed by atoms with Crippen molar-refractivity contribution in [2.24, 2.45) is 11.3 Å². The van der Waals surface area contributed by atoms with Crippen LogP contribution in [0.15, 0.2) is 36.5 Å². The fourth-order valence-corrected chi connectivity index (χ4v) is 6.30. The first kappa shape index (κ1) is 21.7. The van der Waals surface area contributed by atoms with Crippen molar-refractivity contribution >= 4 is 5.97 Å². The number of methoxy groups -OCH3 is 1. The molecule has 0 atom stereocenters. The number of likely N-dealkylation sites (tertiary alicyclic amines) is 1. The molecule has 3 aliphatic carbocycles. The smallest absolute Gasteiger partial charge is 0.308 e. The number of hydrogen-bond donors (Lipinski definition) is 0. The maximum absolute atomic E-state index is 11.7. The number of carbonyl (C=O) groups excluding carboxylic acids is 1. The maximum atomic E-state index is 11.7. The Labute approximate surface area is 201 Å².